The van der Waals surface area contributed by atoms with E-state index < -0.39 is 0 Å². The summed E-state index contributed by atoms with van der Waals surface area (Å²) in [7, 11) is 4.99. The third-order valence-corrected chi connectivity index (χ3v) is 7.39. The van der Waals surface area contributed by atoms with Gasteiger partial charge in [-0.3, -0.25) is 0 Å². The van der Waals surface area contributed by atoms with Gasteiger partial charge in [0.25, 0.3) is 0 Å². The standard InChI is InChI=1S/C34H40B2N2/c1-3-37-33(29-19-9-5-10-20-29,30-21-11-6-12-22-30)35-27-17-18-28-36-34(38-4-2,31-23-13-7-14-24-31)32-25-15-8-16-26-32/h5-16,19-26,37-38H,3-4,17-18,27-28H2,1-2H3. The van der Waals surface area contributed by atoms with Crippen molar-refractivity contribution in [3.63, 3.8) is 0 Å². The molecule has 0 aromatic heterocycles. The highest BCUT2D eigenvalue weighted by Crippen LogP contribution is 2.32. The van der Waals surface area contributed by atoms with Gasteiger partial charge in [0.2, 0.25) is 0 Å². The van der Waals surface area contributed by atoms with E-state index >= 15 is 0 Å². The largest absolute Gasteiger partial charge is 0.311 e. The van der Waals surface area contributed by atoms with Crippen LogP contribution in [0, 0.1) is 0 Å². The van der Waals surface area contributed by atoms with Crippen molar-refractivity contribution in [2.75, 3.05) is 13.1 Å². The zero-order valence-corrected chi connectivity index (χ0v) is 22.9. The predicted octanol–water partition coefficient (Wildman–Crippen LogP) is 7.03. The molecule has 0 spiro atoms. The van der Waals surface area contributed by atoms with Crippen LogP contribution in [-0.2, 0) is 10.9 Å². The molecule has 4 heteroatoms. The molecule has 0 heterocycles. The fourth-order valence-corrected chi connectivity index (χ4v) is 5.64. The number of nitrogens with one attached hydrogen (secondary N) is 2. The summed E-state index contributed by atoms with van der Waals surface area (Å²) in [6.45, 7) is 6.18. The molecule has 2 radical (unpaired) electrons. The van der Waals surface area contributed by atoms with E-state index in [9.17, 15) is 0 Å². The number of benzene rings is 4. The van der Waals surface area contributed by atoms with Crippen molar-refractivity contribution < 1.29 is 0 Å². The molecule has 0 fully saturated rings. The molecule has 192 valence electrons. The Labute approximate surface area is 231 Å². The minimum atomic E-state index is -0.289. The van der Waals surface area contributed by atoms with E-state index in [-0.39, 0.29) is 10.9 Å². The van der Waals surface area contributed by atoms with E-state index in [2.05, 4.69) is 160 Å². The van der Waals surface area contributed by atoms with Crippen LogP contribution in [0.2, 0.25) is 12.6 Å². The third-order valence-electron chi connectivity index (χ3n) is 7.39. The van der Waals surface area contributed by atoms with Gasteiger partial charge in [-0.15, -0.1) is 0 Å². The smallest absolute Gasteiger partial charge is 0.149 e. The normalized spacial score (nSPS) is 11.7. The average Bonchev–Trinajstić information content (AvgIpc) is 2.99. The van der Waals surface area contributed by atoms with Crippen LogP contribution in [0.5, 0.6) is 0 Å². The van der Waals surface area contributed by atoms with E-state index in [4.69, 9.17) is 0 Å². The topological polar surface area (TPSA) is 24.1 Å². The van der Waals surface area contributed by atoms with Gasteiger partial charge in [0.05, 0.1) is 0 Å². The first kappa shape index (κ1) is 28.0. The maximum atomic E-state index is 3.83. The van der Waals surface area contributed by atoms with E-state index in [1.165, 1.54) is 22.3 Å². The molecule has 0 bridgehead atoms. The number of hydrogen-bond donors (Lipinski definition) is 2. The van der Waals surface area contributed by atoms with Gasteiger partial charge in [0.1, 0.15) is 14.6 Å². The lowest BCUT2D eigenvalue weighted by atomic mass is 9.48. The minimum absolute atomic E-state index is 0.289. The maximum absolute atomic E-state index is 3.83. The van der Waals surface area contributed by atoms with Crippen LogP contribution >= 0.6 is 0 Å². The van der Waals surface area contributed by atoms with Gasteiger partial charge in [-0.1, -0.05) is 161 Å². The molecule has 0 saturated carbocycles. The minimum Gasteiger partial charge on any atom is -0.311 e. The summed E-state index contributed by atoms with van der Waals surface area (Å²) in [6, 6.07) is 43.4. The molecule has 4 rings (SSSR count). The van der Waals surface area contributed by atoms with Crippen molar-refractivity contribution in [2.24, 2.45) is 0 Å². The van der Waals surface area contributed by atoms with Crippen LogP contribution in [0.3, 0.4) is 0 Å². The molecule has 0 aliphatic heterocycles. The Kier molecular flexibility index (Phi) is 10.4. The second-order valence-electron chi connectivity index (χ2n) is 9.83. The van der Waals surface area contributed by atoms with Crippen LogP contribution < -0.4 is 10.6 Å². The molecule has 38 heavy (non-hydrogen) atoms. The molecule has 4 aromatic carbocycles. The van der Waals surface area contributed by atoms with Crippen molar-refractivity contribution in [3.05, 3.63) is 144 Å². The molecule has 0 aliphatic rings. The molecule has 2 N–H and O–H groups in total. The second kappa shape index (κ2) is 14.2. The highest BCUT2D eigenvalue weighted by molar-refractivity contribution is 6.42. The van der Waals surface area contributed by atoms with Crippen LogP contribution in [0.25, 0.3) is 0 Å². The van der Waals surface area contributed by atoms with Crippen LogP contribution in [-0.4, -0.2) is 27.6 Å². The first-order valence-electron chi connectivity index (χ1n) is 14.2. The van der Waals surface area contributed by atoms with Crippen molar-refractivity contribution in [1.29, 1.82) is 0 Å². The third kappa shape index (κ3) is 6.49. The lowest BCUT2D eigenvalue weighted by molar-refractivity contribution is 0.551. The second-order valence-corrected chi connectivity index (χ2v) is 9.83. The summed E-state index contributed by atoms with van der Waals surface area (Å²) in [5.74, 6) is 0. The van der Waals surface area contributed by atoms with Crippen molar-refractivity contribution >= 4 is 14.6 Å². The zero-order valence-electron chi connectivity index (χ0n) is 22.9. The Morgan fingerprint density at radius 3 is 0.947 bits per heavy atom. The molecule has 2 nitrogen and oxygen atoms in total. The van der Waals surface area contributed by atoms with Crippen molar-refractivity contribution in [1.82, 2.24) is 10.6 Å². The molecule has 4 aromatic rings. The Bertz CT molecular complexity index is 1010. The lowest BCUT2D eigenvalue weighted by Crippen LogP contribution is -2.48. The van der Waals surface area contributed by atoms with Gasteiger partial charge in [-0.05, 0) is 35.3 Å². The van der Waals surface area contributed by atoms with E-state index in [0.717, 1.165) is 38.6 Å². The Hall–Kier alpha value is -3.07. The van der Waals surface area contributed by atoms with Crippen molar-refractivity contribution in [3.8, 4) is 0 Å². The molecular formula is C34H40B2N2. The highest BCUT2D eigenvalue weighted by Gasteiger charge is 2.34. The van der Waals surface area contributed by atoms with Crippen LogP contribution in [0.4, 0.5) is 0 Å². The first-order chi connectivity index (χ1) is 18.7. The van der Waals surface area contributed by atoms with Gasteiger partial charge in [-0.2, -0.15) is 0 Å². The summed E-state index contributed by atoms with van der Waals surface area (Å²) in [5, 5.41) is 7.66. The predicted molar refractivity (Wildman–Crippen MR) is 165 cm³/mol. The molecule has 0 amide bonds. The molecule has 0 atom stereocenters. The average molecular weight is 498 g/mol. The Morgan fingerprint density at radius 1 is 0.447 bits per heavy atom. The van der Waals surface area contributed by atoms with Gasteiger partial charge in [-0.25, -0.2) is 0 Å². The van der Waals surface area contributed by atoms with Gasteiger partial charge in [0.15, 0.2) is 0 Å². The van der Waals surface area contributed by atoms with Gasteiger partial charge in [0, 0.05) is 10.9 Å². The van der Waals surface area contributed by atoms with Crippen molar-refractivity contribution in [2.45, 2.75) is 50.2 Å². The summed E-state index contributed by atoms with van der Waals surface area (Å²) in [4.78, 5) is 0. The van der Waals surface area contributed by atoms with Crippen LogP contribution in [0.1, 0.15) is 48.9 Å². The first-order valence-corrected chi connectivity index (χ1v) is 14.2. The van der Waals surface area contributed by atoms with Crippen LogP contribution in [0.15, 0.2) is 121 Å². The zero-order chi connectivity index (χ0) is 26.5. The monoisotopic (exact) mass is 498 g/mol. The number of unbranched alkanes of at least 4 members (excludes halogenated alkanes) is 1. The number of rotatable bonds is 15. The molecule has 0 saturated heterocycles. The number of hydrogen-bond acceptors (Lipinski definition) is 2. The Balaban J connectivity index is 1.46. The fraction of sp³-hybridized carbons (Fsp3) is 0.294. The SMILES string of the molecule is CCNC([B]CCCC[B]C(NCC)(c1ccccc1)c1ccccc1)(c1ccccc1)c1ccccc1. The Morgan fingerprint density at radius 2 is 0.711 bits per heavy atom. The maximum Gasteiger partial charge on any atom is 0.149 e. The summed E-state index contributed by atoms with van der Waals surface area (Å²) >= 11 is 0. The quantitative estimate of drug-likeness (QED) is 0.136. The summed E-state index contributed by atoms with van der Waals surface area (Å²) < 4.78 is 0. The summed E-state index contributed by atoms with van der Waals surface area (Å²) in [5.41, 5.74) is 4.58. The van der Waals surface area contributed by atoms with Gasteiger partial charge < -0.3 is 10.6 Å². The fourth-order valence-electron chi connectivity index (χ4n) is 5.64. The highest BCUT2D eigenvalue weighted by atomic mass is 14.9. The molecule has 0 aliphatic carbocycles. The summed E-state index contributed by atoms with van der Waals surface area (Å²) in [6.07, 6.45) is 4.34. The van der Waals surface area contributed by atoms with E-state index in [1.54, 1.807) is 0 Å². The lowest BCUT2D eigenvalue weighted by Gasteiger charge is -2.37. The molecular weight excluding hydrogens is 458 g/mol. The molecule has 0 unspecified atom stereocenters. The van der Waals surface area contributed by atoms with Gasteiger partial charge >= 0.3 is 0 Å². The van der Waals surface area contributed by atoms with E-state index in [1.807, 2.05) is 0 Å². The van der Waals surface area contributed by atoms with E-state index in [0.29, 0.717) is 0 Å².